The number of hydrogen-bond acceptors (Lipinski definition) is 4. The second kappa shape index (κ2) is 8.06. The van der Waals surface area contributed by atoms with Crippen molar-refractivity contribution in [1.82, 2.24) is 15.3 Å². The van der Waals surface area contributed by atoms with E-state index in [1.54, 1.807) is 18.5 Å². The second-order valence-electron chi connectivity index (χ2n) is 5.49. The maximum atomic E-state index is 12.2. The van der Waals surface area contributed by atoms with Crippen LogP contribution in [-0.4, -0.2) is 22.4 Å². The van der Waals surface area contributed by atoms with Gasteiger partial charge in [-0.25, -0.2) is 4.98 Å². The number of anilines is 2. The van der Waals surface area contributed by atoms with Gasteiger partial charge in [0.15, 0.2) is 0 Å². The van der Waals surface area contributed by atoms with Crippen LogP contribution in [0.5, 0.6) is 0 Å². The van der Waals surface area contributed by atoms with Gasteiger partial charge in [-0.2, -0.15) is 0 Å². The number of aromatic nitrogens is 2. The molecule has 1 N–H and O–H groups in total. The number of amides is 1. The van der Waals surface area contributed by atoms with E-state index in [0.29, 0.717) is 12.2 Å². The van der Waals surface area contributed by atoms with E-state index in [2.05, 4.69) is 39.2 Å². The normalized spacial score (nSPS) is 10.3. The lowest BCUT2D eigenvalue weighted by Gasteiger charge is -2.22. The van der Waals surface area contributed by atoms with Gasteiger partial charge in [0.1, 0.15) is 5.69 Å². The Morgan fingerprint density at radius 1 is 0.960 bits per heavy atom. The van der Waals surface area contributed by atoms with Crippen LogP contribution >= 0.6 is 0 Å². The molecule has 0 radical (unpaired) electrons. The number of carbonyl (C=O) groups is 1. The zero-order chi connectivity index (χ0) is 17.5. The number of hydrogen-bond donors (Lipinski definition) is 1. The summed E-state index contributed by atoms with van der Waals surface area (Å²) in [5.41, 5.74) is 3.26. The van der Waals surface area contributed by atoms with Gasteiger partial charge in [-0.15, -0.1) is 0 Å². The molecule has 0 unspecified atom stereocenters. The molecule has 5 nitrogen and oxygen atoms in total. The molecule has 0 aliphatic carbocycles. The Balaban J connectivity index is 1.68. The summed E-state index contributed by atoms with van der Waals surface area (Å²) in [4.78, 5) is 22.9. The Kier molecular flexibility index (Phi) is 5.36. The van der Waals surface area contributed by atoms with Crippen LogP contribution in [0, 0.1) is 0 Å². The summed E-state index contributed by atoms with van der Waals surface area (Å²) in [7, 11) is 0. The third-order valence-electron chi connectivity index (χ3n) is 3.83. The fourth-order valence-electron chi connectivity index (χ4n) is 2.57. The van der Waals surface area contributed by atoms with Crippen molar-refractivity contribution in [1.29, 1.82) is 0 Å². The van der Waals surface area contributed by atoms with E-state index in [1.807, 2.05) is 42.5 Å². The topological polar surface area (TPSA) is 58.1 Å². The summed E-state index contributed by atoms with van der Waals surface area (Å²) >= 11 is 0. The van der Waals surface area contributed by atoms with Gasteiger partial charge in [0.05, 0.1) is 24.1 Å². The quantitative estimate of drug-likeness (QED) is 0.750. The van der Waals surface area contributed by atoms with Crippen molar-refractivity contribution < 1.29 is 4.79 Å². The van der Waals surface area contributed by atoms with Crippen LogP contribution in [0.3, 0.4) is 0 Å². The number of carbonyl (C=O) groups excluding carboxylic acids is 1. The van der Waals surface area contributed by atoms with Crippen molar-refractivity contribution in [2.45, 2.75) is 13.5 Å². The van der Waals surface area contributed by atoms with Crippen molar-refractivity contribution in [3.8, 4) is 0 Å². The molecule has 126 valence electrons. The minimum Gasteiger partial charge on any atom is -0.345 e. The van der Waals surface area contributed by atoms with Crippen molar-refractivity contribution in [2.75, 3.05) is 11.4 Å². The predicted octanol–water partition coefficient (Wildman–Crippen LogP) is 3.56. The lowest BCUT2D eigenvalue weighted by Crippen LogP contribution is -2.24. The van der Waals surface area contributed by atoms with Crippen LogP contribution in [0.1, 0.15) is 23.1 Å². The fraction of sp³-hybridized carbons (Fsp3) is 0.150. The van der Waals surface area contributed by atoms with Gasteiger partial charge < -0.3 is 10.2 Å². The molecule has 0 spiro atoms. The first-order chi connectivity index (χ1) is 12.3. The molecule has 3 rings (SSSR count). The van der Waals surface area contributed by atoms with Gasteiger partial charge in [0.25, 0.3) is 5.91 Å². The van der Waals surface area contributed by atoms with E-state index in [4.69, 9.17) is 0 Å². The predicted molar refractivity (Wildman–Crippen MR) is 98.8 cm³/mol. The van der Waals surface area contributed by atoms with E-state index in [0.717, 1.165) is 23.6 Å². The Morgan fingerprint density at radius 3 is 2.40 bits per heavy atom. The van der Waals surface area contributed by atoms with Gasteiger partial charge >= 0.3 is 0 Å². The largest absolute Gasteiger partial charge is 0.345 e. The average molecular weight is 332 g/mol. The maximum absolute atomic E-state index is 12.2. The molecule has 5 heteroatoms. The number of benzene rings is 1. The van der Waals surface area contributed by atoms with Crippen molar-refractivity contribution >= 4 is 17.3 Å². The highest BCUT2D eigenvalue weighted by molar-refractivity contribution is 5.92. The number of rotatable bonds is 6. The molecule has 0 aliphatic rings. The first kappa shape index (κ1) is 16.6. The van der Waals surface area contributed by atoms with Crippen LogP contribution in [0.2, 0.25) is 0 Å². The highest BCUT2D eigenvalue weighted by Gasteiger charge is 2.10. The molecule has 1 amide bonds. The van der Waals surface area contributed by atoms with Crippen LogP contribution < -0.4 is 10.2 Å². The molecule has 0 atom stereocenters. The molecular weight excluding hydrogens is 312 g/mol. The number of nitrogens with zero attached hydrogens (tertiary/aromatic N) is 3. The van der Waals surface area contributed by atoms with Gasteiger partial charge in [0.2, 0.25) is 0 Å². The third-order valence-corrected chi connectivity index (χ3v) is 3.83. The van der Waals surface area contributed by atoms with Gasteiger partial charge in [-0.05, 0) is 43.3 Å². The molecule has 0 saturated carbocycles. The van der Waals surface area contributed by atoms with Crippen LogP contribution in [-0.2, 0) is 6.54 Å². The van der Waals surface area contributed by atoms with Gasteiger partial charge in [-0.1, -0.05) is 24.3 Å². The fourth-order valence-corrected chi connectivity index (χ4v) is 2.57. The maximum Gasteiger partial charge on any atom is 0.270 e. The monoisotopic (exact) mass is 332 g/mol. The molecular formula is C20H20N4O. The Hall–Kier alpha value is -3.21. The van der Waals surface area contributed by atoms with E-state index in [9.17, 15) is 4.79 Å². The van der Waals surface area contributed by atoms with Crippen molar-refractivity contribution in [2.24, 2.45) is 0 Å². The molecule has 25 heavy (non-hydrogen) atoms. The summed E-state index contributed by atoms with van der Waals surface area (Å²) in [6, 6.07) is 19.4. The summed E-state index contributed by atoms with van der Waals surface area (Å²) < 4.78 is 0. The standard InChI is InChI=1S/C20H20N4O/c1-2-24(17-9-4-3-5-10-17)18-11-12-19(22-15-18)20(25)23-14-16-8-6-7-13-21-16/h3-13,15H,2,14H2,1H3,(H,23,25). The summed E-state index contributed by atoms with van der Waals surface area (Å²) in [5.74, 6) is -0.208. The second-order valence-corrected chi connectivity index (χ2v) is 5.49. The summed E-state index contributed by atoms with van der Waals surface area (Å²) in [6.07, 6.45) is 3.43. The molecule has 0 aliphatic heterocycles. The van der Waals surface area contributed by atoms with E-state index >= 15 is 0 Å². The number of pyridine rings is 2. The van der Waals surface area contributed by atoms with Crippen LogP contribution in [0.4, 0.5) is 11.4 Å². The SMILES string of the molecule is CCN(c1ccccc1)c1ccc(C(=O)NCc2ccccn2)nc1. The first-order valence-electron chi connectivity index (χ1n) is 8.24. The molecule has 0 saturated heterocycles. The van der Waals surface area contributed by atoms with E-state index in [-0.39, 0.29) is 5.91 Å². The van der Waals surface area contributed by atoms with Crippen LogP contribution in [0.25, 0.3) is 0 Å². The number of para-hydroxylation sites is 1. The summed E-state index contributed by atoms with van der Waals surface area (Å²) in [6.45, 7) is 3.28. The highest BCUT2D eigenvalue weighted by Crippen LogP contribution is 2.23. The Bertz CT molecular complexity index is 804. The molecule has 2 heterocycles. The lowest BCUT2D eigenvalue weighted by molar-refractivity contribution is 0.0945. The summed E-state index contributed by atoms with van der Waals surface area (Å²) in [5, 5.41) is 2.83. The highest BCUT2D eigenvalue weighted by atomic mass is 16.1. The van der Waals surface area contributed by atoms with Gasteiger partial charge in [0, 0.05) is 18.4 Å². The molecule has 3 aromatic rings. The molecule has 1 aromatic carbocycles. The van der Waals surface area contributed by atoms with Crippen LogP contribution in [0.15, 0.2) is 73.1 Å². The first-order valence-corrected chi connectivity index (χ1v) is 8.24. The molecule has 0 bridgehead atoms. The lowest BCUT2D eigenvalue weighted by atomic mass is 10.2. The minimum absolute atomic E-state index is 0.208. The third kappa shape index (κ3) is 4.20. The van der Waals surface area contributed by atoms with Crippen molar-refractivity contribution in [3.63, 3.8) is 0 Å². The smallest absolute Gasteiger partial charge is 0.270 e. The molecule has 0 fully saturated rings. The van der Waals surface area contributed by atoms with E-state index in [1.165, 1.54) is 0 Å². The Morgan fingerprint density at radius 2 is 1.76 bits per heavy atom. The number of nitrogens with one attached hydrogen (secondary N) is 1. The average Bonchev–Trinajstić information content (AvgIpc) is 2.69. The minimum atomic E-state index is -0.208. The zero-order valence-corrected chi connectivity index (χ0v) is 14.1. The van der Waals surface area contributed by atoms with E-state index < -0.39 is 0 Å². The Labute approximate surface area is 147 Å². The molecule has 2 aromatic heterocycles. The van der Waals surface area contributed by atoms with Gasteiger partial charge in [-0.3, -0.25) is 9.78 Å². The van der Waals surface area contributed by atoms with Crippen molar-refractivity contribution in [3.05, 3.63) is 84.4 Å². The zero-order valence-electron chi connectivity index (χ0n) is 14.1.